The Kier molecular flexibility index (Phi) is 9.24. The summed E-state index contributed by atoms with van der Waals surface area (Å²) in [6.45, 7) is 23.9. The monoisotopic (exact) mass is 727 g/mol. The second kappa shape index (κ2) is 12.8. The molecule has 0 aromatic carbocycles. The molecule has 9 heteroatoms. The summed E-state index contributed by atoms with van der Waals surface area (Å²) in [7, 11) is 0. The number of ether oxygens (including phenoxy) is 4. The highest BCUT2D eigenvalue weighted by atomic mass is 16.7. The van der Waals surface area contributed by atoms with Gasteiger partial charge in [-0.1, -0.05) is 62.3 Å². The third-order valence-electron chi connectivity index (χ3n) is 17.4. The number of rotatable bonds is 7. The minimum Gasteiger partial charge on any atom is -0.443 e. The Morgan fingerprint density at radius 1 is 0.923 bits per heavy atom. The standard InChI is InChI=1S/C43H70N2O7/c1-25(2)21-32(46)45-19-20-49-33(23-45)51-31-13-14-42-24-43(42)16-15-40(8)34-27(5)22-28(35(26(3)4)52-38(48)44-17-10-18-44)50-36(34)37(47)41(40,9)30(43)12-11-29(42)39(31,6)7/h25-31,33-37,47H,10-24H2,1-9H3/t27-,28-,29+,30+,31?,33+,34+,35-,36+,37+,40-,41-,42-,43?/m1/s1. The number of hydrogen-bond acceptors (Lipinski definition) is 7. The van der Waals surface area contributed by atoms with E-state index < -0.39 is 6.10 Å². The number of nitrogens with zero attached hydrogens (tertiary/aromatic N) is 2. The topological polar surface area (TPSA) is 97.8 Å². The van der Waals surface area contributed by atoms with E-state index in [1.807, 2.05) is 4.90 Å². The molecule has 0 aromatic heterocycles. The maximum absolute atomic E-state index is 13.0. The number of likely N-dealkylation sites (tertiary alicyclic amines) is 1. The molecule has 8 rings (SSSR count). The van der Waals surface area contributed by atoms with Gasteiger partial charge < -0.3 is 33.9 Å². The van der Waals surface area contributed by atoms with Crippen LogP contribution in [0.25, 0.3) is 0 Å². The maximum atomic E-state index is 13.0. The summed E-state index contributed by atoms with van der Waals surface area (Å²) in [4.78, 5) is 29.6. The Morgan fingerprint density at radius 2 is 1.63 bits per heavy atom. The van der Waals surface area contributed by atoms with Gasteiger partial charge in [0.1, 0.15) is 6.10 Å². The smallest absolute Gasteiger partial charge is 0.410 e. The van der Waals surface area contributed by atoms with Crippen LogP contribution in [0, 0.1) is 62.6 Å². The molecule has 14 atom stereocenters. The van der Waals surface area contributed by atoms with Crippen molar-refractivity contribution in [2.45, 2.75) is 163 Å². The number of carbonyl (C=O) groups is 2. The first-order valence-corrected chi connectivity index (χ1v) is 21.3. The van der Waals surface area contributed by atoms with Gasteiger partial charge in [-0.05, 0) is 115 Å². The third-order valence-corrected chi connectivity index (χ3v) is 17.4. The first kappa shape index (κ1) is 37.5. The van der Waals surface area contributed by atoms with Crippen LogP contribution in [-0.2, 0) is 23.7 Å². The fourth-order valence-corrected chi connectivity index (χ4v) is 14.7. The Labute approximate surface area is 313 Å². The van der Waals surface area contributed by atoms with E-state index in [-0.39, 0.29) is 76.2 Å². The van der Waals surface area contributed by atoms with E-state index in [4.69, 9.17) is 18.9 Å². The molecular weight excluding hydrogens is 656 g/mol. The predicted octanol–water partition coefficient (Wildman–Crippen LogP) is 7.28. The fourth-order valence-electron chi connectivity index (χ4n) is 14.7. The first-order valence-electron chi connectivity index (χ1n) is 21.3. The lowest BCUT2D eigenvalue weighted by molar-refractivity contribution is -0.248. The molecule has 8 aliphatic rings. The second-order valence-electron chi connectivity index (χ2n) is 20.9. The molecule has 1 N–H and O–H groups in total. The molecule has 5 aliphatic carbocycles. The van der Waals surface area contributed by atoms with Gasteiger partial charge in [0.25, 0.3) is 0 Å². The van der Waals surface area contributed by atoms with Gasteiger partial charge in [0, 0.05) is 31.5 Å². The van der Waals surface area contributed by atoms with Gasteiger partial charge in [-0.3, -0.25) is 4.79 Å². The lowest BCUT2D eigenvalue weighted by Gasteiger charge is -2.64. The van der Waals surface area contributed by atoms with Crippen molar-refractivity contribution in [3.8, 4) is 0 Å². The van der Waals surface area contributed by atoms with Gasteiger partial charge in [-0.2, -0.15) is 0 Å². The van der Waals surface area contributed by atoms with Crippen molar-refractivity contribution in [1.82, 2.24) is 9.80 Å². The maximum Gasteiger partial charge on any atom is 0.410 e. The predicted molar refractivity (Wildman–Crippen MR) is 198 cm³/mol. The molecule has 3 saturated heterocycles. The Morgan fingerprint density at radius 3 is 2.31 bits per heavy atom. The summed E-state index contributed by atoms with van der Waals surface area (Å²) >= 11 is 0. The zero-order valence-electron chi connectivity index (χ0n) is 33.8. The highest BCUT2D eigenvalue weighted by Crippen LogP contribution is 2.89. The summed E-state index contributed by atoms with van der Waals surface area (Å²) in [6, 6.07) is 0. The minimum absolute atomic E-state index is 0.00553. The van der Waals surface area contributed by atoms with Crippen LogP contribution in [0.1, 0.15) is 127 Å². The Balaban J connectivity index is 0.994. The van der Waals surface area contributed by atoms with Crippen LogP contribution in [0.4, 0.5) is 4.79 Å². The van der Waals surface area contributed by atoms with E-state index in [2.05, 4.69) is 62.3 Å². The number of hydrogen-bond donors (Lipinski definition) is 1. The average molecular weight is 727 g/mol. The molecule has 294 valence electrons. The van der Waals surface area contributed by atoms with Crippen molar-refractivity contribution >= 4 is 12.0 Å². The largest absolute Gasteiger partial charge is 0.443 e. The molecule has 0 bridgehead atoms. The molecule has 2 amide bonds. The molecular formula is C43H70N2O7. The summed E-state index contributed by atoms with van der Waals surface area (Å²) < 4.78 is 26.2. The summed E-state index contributed by atoms with van der Waals surface area (Å²) in [5, 5.41) is 12.7. The SMILES string of the molecule is CC(C)CC(=O)N1CCO[C@@H](OC2CC[C@]34CC35CC[C@]3(C)[C@@H]6[C@H](O[C@@H]([C@H](OC(=O)N7CCC7)C(C)C)C[C@H]6C)[C@H](O)[C@@]3(C)[C@@H]5CC[C@H]4C2(C)C)C1. The van der Waals surface area contributed by atoms with Crippen LogP contribution in [0.5, 0.6) is 0 Å². The molecule has 3 heterocycles. The van der Waals surface area contributed by atoms with E-state index in [1.165, 1.54) is 25.7 Å². The van der Waals surface area contributed by atoms with Gasteiger partial charge in [0.15, 0.2) is 6.29 Å². The fraction of sp³-hybridized carbons (Fsp3) is 0.953. The van der Waals surface area contributed by atoms with Gasteiger partial charge >= 0.3 is 6.09 Å². The van der Waals surface area contributed by atoms with E-state index in [0.717, 1.165) is 45.2 Å². The first-order chi connectivity index (χ1) is 24.5. The van der Waals surface area contributed by atoms with E-state index in [0.29, 0.717) is 55.2 Å². The van der Waals surface area contributed by atoms with Crippen molar-refractivity contribution in [1.29, 1.82) is 0 Å². The van der Waals surface area contributed by atoms with Crippen LogP contribution < -0.4 is 0 Å². The van der Waals surface area contributed by atoms with Crippen molar-refractivity contribution in [2.75, 3.05) is 32.8 Å². The number of fused-ring (bicyclic) bond motifs is 4. The quantitative estimate of drug-likeness (QED) is 0.295. The van der Waals surface area contributed by atoms with Gasteiger partial charge in [0.2, 0.25) is 5.91 Å². The van der Waals surface area contributed by atoms with Crippen molar-refractivity contribution in [3.63, 3.8) is 0 Å². The highest BCUT2D eigenvalue weighted by molar-refractivity contribution is 5.76. The average Bonchev–Trinajstić information content (AvgIpc) is 3.68. The van der Waals surface area contributed by atoms with Crippen molar-refractivity contribution in [2.24, 2.45) is 62.6 Å². The zero-order valence-corrected chi connectivity index (χ0v) is 33.8. The van der Waals surface area contributed by atoms with Crippen LogP contribution in [-0.4, -0.2) is 96.5 Å². The molecule has 0 aromatic rings. The van der Waals surface area contributed by atoms with E-state index in [1.54, 1.807) is 4.90 Å². The van der Waals surface area contributed by atoms with E-state index >= 15 is 0 Å². The molecule has 0 radical (unpaired) electrons. The third kappa shape index (κ3) is 5.26. The van der Waals surface area contributed by atoms with Gasteiger partial charge in [-0.15, -0.1) is 0 Å². The number of aliphatic hydroxyl groups excluding tert-OH is 1. The van der Waals surface area contributed by atoms with Gasteiger partial charge in [-0.25, -0.2) is 4.79 Å². The molecule has 2 spiro atoms. The highest BCUT2D eigenvalue weighted by Gasteiger charge is 2.84. The van der Waals surface area contributed by atoms with Crippen LogP contribution in [0.15, 0.2) is 0 Å². The van der Waals surface area contributed by atoms with Crippen molar-refractivity contribution < 1.29 is 33.6 Å². The molecule has 2 unspecified atom stereocenters. The second-order valence-corrected chi connectivity index (χ2v) is 20.9. The molecule has 5 saturated carbocycles. The molecule has 9 nitrogen and oxygen atoms in total. The van der Waals surface area contributed by atoms with Crippen LogP contribution in [0.2, 0.25) is 0 Å². The molecule has 3 aliphatic heterocycles. The van der Waals surface area contributed by atoms with Crippen LogP contribution >= 0.6 is 0 Å². The lowest BCUT2D eigenvalue weighted by Crippen LogP contribution is -2.60. The van der Waals surface area contributed by atoms with E-state index in [9.17, 15) is 14.7 Å². The Hall–Kier alpha value is -1.42. The Bertz CT molecular complexity index is 1400. The molecule has 8 fully saturated rings. The summed E-state index contributed by atoms with van der Waals surface area (Å²) in [5.74, 6) is 2.38. The van der Waals surface area contributed by atoms with Gasteiger partial charge in [0.05, 0.1) is 37.6 Å². The number of amides is 2. The minimum atomic E-state index is -0.541. The lowest BCUT2D eigenvalue weighted by atomic mass is 9.41. The normalized spacial score (nSPS) is 48.1. The van der Waals surface area contributed by atoms with Crippen molar-refractivity contribution in [3.05, 3.63) is 0 Å². The number of carbonyl (C=O) groups excluding carboxylic acids is 2. The molecule has 52 heavy (non-hydrogen) atoms. The zero-order chi connectivity index (χ0) is 37.2. The summed E-state index contributed by atoms with van der Waals surface area (Å²) in [6.07, 6.45) is 8.86. The number of morpholine rings is 1. The van der Waals surface area contributed by atoms with Crippen LogP contribution in [0.3, 0.4) is 0 Å². The summed E-state index contributed by atoms with van der Waals surface area (Å²) in [5.41, 5.74) is 0.307. The number of aliphatic hydroxyl groups is 1.